The monoisotopic (exact) mass is 244 g/mol. The van der Waals surface area contributed by atoms with Crippen molar-refractivity contribution in [2.24, 2.45) is 0 Å². The number of nitrogens with zero attached hydrogens (tertiary/aromatic N) is 1. The number of hydrogen-bond donors (Lipinski definition) is 1. The molecule has 1 aromatic rings. The van der Waals surface area contributed by atoms with E-state index >= 15 is 0 Å². The molecule has 1 rings (SSSR count). The zero-order valence-electron chi connectivity index (χ0n) is 9.61. The number of nitrogen functional groups attached to an aromatic ring is 1. The summed E-state index contributed by atoms with van der Waals surface area (Å²) in [5, 5.41) is 0. The normalized spacial score (nSPS) is 10.4. The molecule has 0 fully saturated rings. The maximum absolute atomic E-state index is 12.1. The van der Waals surface area contributed by atoms with Crippen LogP contribution in [-0.2, 0) is 11.2 Å². The minimum atomic E-state index is -2.93. The molecule has 0 aromatic heterocycles. The number of likely N-dealkylation sites (N-methyl/N-ethyl adjacent to an activating group) is 1. The predicted octanol–water partition coefficient (Wildman–Crippen LogP) is 1.50. The van der Waals surface area contributed by atoms with Crippen molar-refractivity contribution in [1.82, 2.24) is 4.90 Å². The molecule has 1 aromatic carbocycles. The Kier molecular flexibility index (Phi) is 4.25. The van der Waals surface area contributed by atoms with Crippen molar-refractivity contribution in [2.75, 3.05) is 19.8 Å². The second-order valence-electron chi connectivity index (χ2n) is 3.72. The Morgan fingerprint density at radius 1 is 1.47 bits per heavy atom. The summed E-state index contributed by atoms with van der Waals surface area (Å²) in [5.41, 5.74) is 6.17. The van der Waals surface area contributed by atoms with E-state index in [2.05, 4.69) is 4.74 Å². The summed E-state index contributed by atoms with van der Waals surface area (Å²) in [6.45, 7) is -2.93. The van der Waals surface area contributed by atoms with E-state index in [-0.39, 0.29) is 23.8 Å². The van der Waals surface area contributed by atoms with Crippen LogP contribution in [0.25, 0.3) is 0 Å². The average Bonchev–Trinajstić information content (AvgIpc) is 2.22. The highest BCUT2D eigenvalue weighted by Gasteiger charge is 2.11. The van der Waals surface area contributed by atoms with Gasteiger partial charge in [-0.2, -0.15) is 8.78 Å². The van der Waals surface area contributed by atoms with Crippen LogP contribution >= 0.6 is 0 Å². The Labute approximate surface area is 98.0 Å². The number of carbonyl (C=O) groups is 1. The largest absolute Gasteiger partial charge is 0.433 e. The van der Waals surface area contributed by atoms with Crippen LogP contribution in [0.2, 0.25) is 0 Å². The van der Waals surface area contributed by atoms with Crippen LogP contribution in [0, 0.1) is 0 Å². The molecule has 0 aliphatic heterocycles. The van der Waals surface area contributed by atoms with Gasteiger partial charge in [0.1, 0.15) is 5.75 Å². The van der Waals surface area contributed by atoms with E-state index in [0.29, 0.717) is 5.56 Å². The Bertz CT molecular complexity index is 408. The molecule has 0 aliphatic rings. The van der Waals surface area contributed by atoms with Gasteiger partial charge in [0.05, 0.1) is 12.1 Å². The van der Waals surface area contributed by atoms with Gasteiger partial charge in [0.2, 0.25) is 5.91 Å². The van der Waals surface area contributed by atoms with Crippen LogP contribution in [0.5, 0.6) is 5.75 Å². The standard InChI is InChI=1S/C11H14F2N2O2/c1-15(2)10(16)6-7-3-4-8(14)9(5-7)17-11(12)13/h3-5,11H,6,14H2,1-2H3. The van der Waals surface area contributed by atoms with E-state index in [9.17, 15) is 13.6 Å². The molecule has 6 heteroatoms. The number of nitrogens with two attached hydrogens (primary N) is 1. The second kappa shape index (κ2) is 5.47. The van der Waals surface area contributed by atoms with E-state index in [1.807, 2.05) is 0 Å². The zero-order chi connectivity index (χ0) is 13.0. The fourth-order valence-corrected chi connectivity index (χ4v) is 1.22. The first kappa shape index (κ1) is 13.2. The van der Waals surface area contributed by atoms with Crippen molar-refractivity contribution in [3.8, 4) is 5.75 Å². The highest BCUT2D eigenvalue weighted by molar-refractivity contribution is 5.78. The maximum atomic E-state index is 12.1. The van der Waals surface area contributed by atoms with Crippen LogP contribution < -0.4 is 10.5 Å². The van der Waals surface area contributed by atoms with Gasteiger partial charge in [0, 0.05) is 14.1 Å². The van der Waals surface area contributed by atoms with Crippen LogP contribution in [0.3, 0.4) is 0 Å². The number of amides is 1. The summed E-state index contributed by atoms with van der Waals surface area (Å²) in [6, 6.07) is 4.40. The Hall–Kier alpha value is -1.85. The smallest absolute Gasteiger partial charge is 0.387 e. The maximum Gasteiger partial charge on any atom is 0.387 e. The third-order valence-electron chi connectivity index (χ3n) is 2.15. The average molecular weight is 244 g/mol. The molecular weight excluding hydrogens is 230 g/mol. The number of anilines is 1. The third kappa shape index (κ3) is 3.90. The summed E-state index contributed by atoms with van der Waals surface area (Å²) in [5.74, 6) is -0.234. The van der Waals surface area contributed by atoms with Gasteiger partial charge in [0.15, 0.2) is 0 Å². The van der Waals surface area contributed by atoms with E-state index < -0.39 is 6.61 Å². The fourth-order valence-electron chi connectivity index (χ4n) is 1.22. The molecule has 1 amide bonds. The second-order valence-corrected chi connectivity index (χ2v) is 3.72. The number of rotatable bonds is 4. The van der Waals surface area contributed by atoms with Crippen molar-refractivity contribution in [3.05, 3.63) is 23.8 Å². The van der Waals surface area contributed by atoms with Gasteiger partial charge in [0.25, 0.3) is 0 Å². The third-order valence-corrected chi connectivity index (χ3v) is 2.15. The number of halogens is 2. The summed E-state index contributed by atoms with van der Waals surface area (Å²) in [7, 11) is 3.24. The lowest BCUT2D eigenvalue weighted by Crippen LogP contribution is -2.23. The summed E-state index contributed by atoms with van der Waals surface area (Å²) in [6.07, 6.45) is 0.118. The first-order chi connectivity index (χ1) is 7.90. The van der Waals surface area contributed by atoms with Gasteiger partial charge in [-0.3, -0.25) is 4.79 Å². The first-order valence-corrected chi connectivity index (χ1v) is 4.93. The van der Waals surface area contributed by atoms with E-state index in [4.69, 9.17) is 5.73 Å². The molecule has 17 heavy (non-hydrogen) atoms. The lowest BCUT2D eigenvalue weighted by Gasteiger charge is -2.12. The van der Waals surface area contributed by atoms with Gasteiger partial charge in [-0.15, -0.1) is 0 Å². The van der Waals surface area contributed by atoms with Gasteiger partial charge in [-0.25, -0.2) is 0 Å². The molecule has 0 saturated heterocycles. The van der Waals surface area contributed by atoms with Gasteiger partial charge >= 0.3 is 6.61 Å². The number of carbonyl (C=O) groups excluding carboxylic acids is 1. The van der Waals surface area contributed by atoms with Crippen molar-refractivity contribution >= 4 is 11.6 Å². The molecule has 94 valence electrons. The minimum Gasteiger partial charge on any atom is -0.433 e. The van der Waals surface area contributed by atoms with Crippen LogP contribution in [0.1, 0.15) is 5.56 Å². The number of alkyl halides is 2. The Balaban J connectivity index is 2.85. The number of benzene rings is 1. The molecule has 0 heterocycles. The lowest BCUT2D eigenvalue weighted by atomic mass is 10.1. The van der Waals surface area contributed by atoms with Crippen molar-refractivity contribution < 1.29 is 18.3 Å². The SMILES string of the molecule is CN(C)C(=O)Cc1ccc(N)c(OC(F)F)c1. The fraction of sp³-hybridized carbons (Fsp3) is 0.364. The molecule has 4 nitrogen and oxygen atoms in total. The summed E-state index contributed by atoms with van der Waals surface area (Å²) >= 11 is 0. The van der Waals surface area contributed by atoms with E-state index in [1.165, 1.54) is 17.0 Å². The Morgan fingerprint density at radius 2 is 2.12 bits per heavy atom. The highest BCUT2D eigenvalue weighted by atomic mass is 19.3. The number of hydrogen-bond acceptors (Lipinski definition) is 3. The summed E-state index contributed by atoms with van der Waals surface area (Å²) in [4.78, 5) is 12.9. The highest BCUT2D eigenvalue weighted by Crippen LogP contribution is 2.24. The molecule has 0 unspecified atom stereocenters. The van der Waals surface area contributed by atoms with E-state index in [1.54, 1.807) is 20.2 Å². The van der Waals surface area contributed by atoms with Crippen molar-refractivity contribution in [3.63, 3.8) is 0 Å². The van der Waals surface area contributed by atoms with E-state index in [0.717, 1.165) is 0 Å². The summed E-state index contributed by atoms with van der Waals surface area (Å²) < 4.78 is 28.4. The minimum absolute atomic E-state index is 0.107. The topological polar surface area (TPSA) is 55.6 Å². The lowest BCUT2D eigenvalue weighted by molar-refractivity contribution is -0.127. The van der Waals surface area contributed by atoms with Crippen LogP contribution in [0.4, 0.5) is 14.5 Å². The zero-order valence-corrected chi connectivity index (χ0v) is 9.61. The molecule has 0 spiro atoms. The molecular formula is C11H14F2N2O2. The number of ether oxygens (including phenoxy) is 1. The molecule has 0 radical (unpaired) electrons. The molecule has 0 aliphatic carbocycles. The molecule has 2 N–H and O–H groups in total. The van der Waals surface area contributed by atoms with Crippen molar-refractivity contribution in [2.45, 2.75) is 13.0 Å². The van der Waals surface area contributed by atoms with Gasteiger partial charge < -0.3 is 15.4 Å². The van der Waals surface area contributed by atoms with Gasteiger partial charge in [-0.05, 0) is 17.7 Å². The first-order valence-electron chi connectivity index (χ1n) is 4.93. The van der Waals surface area contributed by atoms with Gasteiger partial charge in [-0.1, -0.05) is 6.07 Å². The Morgan fingerprint density at radius 3 is 2.65 bits per heavy atom. The van der Waals surface area contributed by atoms with Crippen molar-refractivity contribution in [1.29, 1.82) is 0 Å². The molecule has 0 atom stereocenters. The quantitative estimate of drug-likeness (QED) is 0.816. The van der Waals surface area contributed by atoms with Crippen LogP contribution in [-0.4, -0.2) is 31.5 Å². The molecule has 0 saturated carbocycles. The van der Waals surface area contributed by atoms with Crippen LogP contribution in [0.15, 0.2) is 18.2 Å². The molecule has 0 bridgehead atoms. The predicted molar refractivity (Wildman–Crippen MR) is 59.9 cm³/mol.